The van der Waals surface area contributed by atoms with E-state index in [4.69, 9.17) is 4.74 Å². The second-order valence-corrected chi connectivity index (χ2v) is 4.22. The van der Waals surface area contributed by atoms with E-state index in [1.807, 2.05) is 0 Å². The Morgan fingerprint density at radius 2 is 1.80 bits per heavy atom. The van der Waals surface area contributed by atoms with E-state index in [1.54, 1.807) is 0 Å². The predicted molar refractivity (Wildman–Crippen MR) is 55.6 cm³/mol. The first-order valence-electron chi connectivity index (χ1n) is 5.37. The molecule has 1 aliphatic heterocycles. The summed E-state index contributed by atoms with van der Waals surface area (Å²) in [5, 5.41) is 2.66. The lowest BCUT2D eigenvalue weighted by atomic mass is 10.0. The van der Waals surface area contributed by atoms with Crippen molar-refractivity contribution in [1.29, 1.82) is 0 Å². The number of amides is 1. The quantitative estimate of drug-likeness (QED) is 0.801. The van der Waals surface area contributed by atoms with Gasteiger partial charge in [0.05, 0.1) is 6.54 Å². The third kappa shape index (κ3) is 1.69. The number of carbonyl (C=O) groups is 1. The van der Waals surface area contributed by atoms with Gasteiger partial charge < -0.3 is 10.1 Å². The second-order valence-electron chi connectivity index (χ2n) is 4.22. The lowest BCUT2D eigenvalue weighted by Gasteiger charge is -2.08. The van der Waals surface area contributed by atoms with E-state index >= 15 is 0 Å². The Bertz CT molecular complexity index is 381. The molecule has 3 rings (SSSR count). The fourth-order valence-electron chi connectivity index (χ4n) is 1.97. The average molecular weight is 203 g/mol. The third-order valence-electron chi connectivity index (χ3n) is 3.04. The first-order chi connectivity index (χ1) is 7.33. The Morgan fingerprint density at radius 1 is 1.13 bits per heavy atom. The van der Waals surface area contributed by atoms with Crippen LogP contribution in [0.3, 0.4) is 0 Å². The molecule has 1 heterocycles. The summed E-state index contributed by atoms with van der Waals surface area (Å²) in [4.78, 5) is 10.9. The standard InChI is InChI=1S/C12H13NO2/c14-12-13-7-11(15-12)10-5-3-9(4-6-10)8-1-2-8/h3-6,8,11H,1-2,7H2,(H,13,14). The molecule has 1 aromatic carbocycles. The van der Waals surface area contributed by atoms with Crippen LogP contribution in [0, 0.1) is 0 Å². The van der Waals surface area contributed by atoms with Crippen LogP contribution in [0.25, 0.3) is 0 Å². The molecule has 1 aromatic rings. The van der Waals surface area contributed by atoms with Gasteiger partial charge in [-0.15, -0.1) is 0 Å². The smallest absolute Gasteiger partial charge is 0.407 e. The van der Waals surface area contributed by atoms with Gasteiger partial charge in [-0.05, 0) is 29.9 Å². The maximum atomic E-state index is 10.9. The van der Waals surface area contributed by atoms with Crippen molar-refractivity contribution >= 4 is 6.09 Å². The first kappa shape index (κ1) is 8.77. The van der Waals surface area contributed by atoms with Crippen molar-refractivity contribution in [2.75, 3.05) is 6.54 Å². The van der Waals surface area contributed by atoms with Crippen LogP contribution in [0.15, 0.2) is 24.3 Å². The molecule has 0 spiro atoms. The Labute approximate surface area is 88.4 Å². The van der Waals surface area contributed by atoms with Crippen molar-refractivity contribution < 1.29 is 9.53 Å². The van der Waals surface area contributed by atoms with Crippen molar-refractivity contribution in [2.45, 2.75) is 24.9 Å². The molecular weight excluding hydrogens is 190 g/mol. The molecule has 78 valence electrons. The minimum Gasteiger partial charge on any atom is -0.439 e. The number of hydrogen-bond acceptors (Lipinski definition) is 2. The van der Waals surface area contributed by atoms with Gasteiger partial charge in [0.1, 0.15) is 6.10 Å². The normalized spacial score (nSPS) is 24.8. The van der Waals surface area contributed by atoms with Crippen LogP contribution in [-0.2, 0) is 4.74 Å². The summed E-state index contributed by atoms with van der Waals surface area (Å²) < 4.78 is 5.11. The molecular formula is C12H13NO2. The van der Waals surface area contributed by atoms with Gasteiger partial charge in [0, 0.05) is 0 Å². The molecule has 3 heteroatoms. The predicted octanol–water partition coefficient (Wildman–Crippen LogP) is 2.34. The molecule has 1 aliphatic carbocycles. The number of hydrogen-bond donors (Lipinski definition) is 1. The van der Waals surface area contributed by atoms with Crippen LogP contribution >= 0.6 is 0 Å². The second kappa shape index (κ2) is 3.26. The van der Waals surface area contributed by atoms with E-state index in [-0.39, 0.29) is 12.2 Å². The van der Waals surface area contributed by atoms with Gasteiger partial charge >= 0.3 is 6.09 Å². The zero-order valence-electron chi connectivity index (χ0n) is 8.40. The Kier molecular flexibility index (Phi) is 1.91. The first-order valence-corrected chi connectivity index (χ1v) is 5.37. The number of rotatable bonds is 2. The summed E-state index contributed by atoms with van der Waals surface area (Å²) in [5.41, 5.74) is 2.49. The number of benzene rings is 1. The van der Waals surface area contributed by atoms with E-state index in [2.05, 4.69) is 29.6 Å². The number of carbonyl (C=O) groups excluding carboxylic acids is 1. The summed E-state index contributed by atoms with van der Waals surface area (Å²) in [6, 6.07) is 8.44. The van der Waals surface area contributed by atoms with E-state index in [0.29, 0.717) is 6.54 Å². The fraction of sp³-hybridized carbons (Fsp3) is 0.417. The molecule has 1 saturated carbocycles. The lowest BCUT2D eigenvalue weighted by Crippen LogP contribution is -2.12. The minimum atomic E-state index is -0.314. The van der Waals surface area contributed by atoms with Crippen molar-refractivity contribution in [1.82, 2.24) is 5.32 Å². The largest absolute Gasteiger partial charge is 0.439 e. The molecule has 1 saturated heterocycles. The van der Waals surface area contributed by atoms with Crippen molar-refractivity contribution in [2.24, 2.45) is 0 Å². The highest BCUT2D eigenvalue weighted by Gasteiger charge is 2.26. The van der Waals surface area contributed by atoms with Gasteiger partial charge in [-0.25, -0.2) is 4.79 Å². The SMILES string of the molecule is O=C1NCC(c2ccc(C3CC3)cc2)O1. The number of ether oxygens (including phenoxy) is 1. The number of nitrogens with one attached hydrogen (secondary N) is 1. The Hall–Kier alpha value is -1.51. The summed E-state index contributed by atoms with van der Waals surface area (Å²) in [5.74, 6) is 0.781. The van der Waals surface area contributed by atoms with Crippen molar-refractivity contribution in [3.8, 4) is 0 Å². The molecule has 15 heavy (non-hydrogen) atoms. The minimum absolute atomic E-state index is 0.106. The van der Waals surface area contributed by atoms with Gasteiger partial charge in [0.25, 0.3) is 0 Å². The summed E-state index contributed by atoms with van der Waals surface area (Å²) in [6.07, 6.45) is 2.22. The average Bonchev–Trinajstić information content (AvgIpc) is 3.02. The molecule has 0 bridgehead atoms. The highest BCUT2D eigenvalue weighted by Crippen LogP contribution is 2.40. The zero-order valence-corrected chi connectivity index (χ0v) is 8.40. The van der Waals surface area contributed by atoms with Crippen LogP contribution in [-0.4, -0.2) is 12.6 Å². The Morgan fingerprint density at radius 3 is 2.33 bits per heavy atom. The lowest BCUT2D eigenvalue weighted by molar-refractivity contribution is 0.141. The van der Waals surface area contributed by atoms with Crippen LogP contribution < -0.4 is 5.32 Å². The van der Waals surface area contributed by atoms with Gasteiger partial charge in [-0.1, -0.05) is 24.3 Å². The molecule has 1 amide bonds. The summed E-state index contributed by atoms with van der Waals surface area (Å²) in [7, 11) is 0. The molecule has 0 aromatic heterocycles. The highest BCUT2D eigenvalue weighted by molar-refractivity contribution is 5.69. The molecule has 1 atom stereocenters. The van der Waals surface area contributed by atoms with Gasteiger partial charge in [0.2, 0.25) is 0 Å². The molecule has 1 N–H and O–H groups in total. The molecule has 0 radical (unpaired) electrons. The van der Waals surface area contributed by atoms with Crippen molar-refractivity contribution in [3.05, 3.63) is 35.4 Å². The van der Waals surface area contributed by atoms with Crippen LogP contribution in [0.5, 0.6) is 0 Å². The number of alkyl carbamates (subject to hydrolysis) is 1. The maximum absolute atomic E-state index is 10.9. The van der Waals surface area contributed by atoms with Crippen molar-refractivity contribution in [3.63, 3.8) is 0 Å². The molecule has 1 unspecified atom stereocenters. The summed E-state index contributed by atoms with van der Waals surface area (Å²) >= 11 is 0. The molecule has 2 fully saturated rings. The van der Waals surface area contributed by atoms with Crippen LogP contribution in [0.4, 0.5) is 4.79 Å². The highest BCUT2D eigenvalue weighted by atomic mass is 16.6. The van der Waals surface area contributed by atoms with Gasteiger partial charge in [0.15, 0.2) is 0 Å². The molecule has 2 aliphatic rings. The monoisotopic (exact) mass is 203 g/mol. The van der Waals surface area contributed by atoms with Gasteiger partial charge in [-0.3, -0.25) is 0 Å². The Balaban J connectivity index is 1.77. The van der Waals surface area contributed by atoms with E-state index in [9.17, 15) is 4.79 Å². The topological polar surface area (TPSA) is 38.3 Å². The van der Waals surface area contributed by atoms with E-state index < -0.39 is 0 Å². The van der Waals surface area contributed by atoms with E-state index in [0.717, 1.165) is 11.5 Å². The van der Waals surface area contributed by atoms with Gasteiger partial charge in [-0.2, -0.15) is 0 Å². The fourth-order valence-corrected chi connectivity index (χ4v) is 1.97. The maximum Gasteiger partial charge on any atom is 0.407 e. The number of cyclic esters (lactones) is 1. The zero-order chi connectivity index (χ0) is 10.3. The van der Waals surface area contributed by atoms with Crippen LogP contribution in [0.2, 0.25) is 0 Å². The molecule has 3 nitrogen and oxygen atoms in total. The van der Waals surface area contributed by atoms with Crippen LogP contribution in [0.1, 0.15) is 36.0 Å². The van der Waals surface area contributed by atoms with E-state index in [1.165, 1.54) is 18.4 Å². The summed E-state index contributed by atoms with van der Waals surface area (Å²) in [6.45, 7) is 0.585. The third-order valence-corrected chi connectivity index (χ3v) is 3.04.